The second kappa shape index (κ2) is 9.40. The van der Waals surface area contributed by atoms with Gasteiger partial charge in [-0.1, -0.05) is 49.7 Å². The van der Waals surface area contributed by atoms with E-state index in [4.69, 9.17) is 15.8 Å². The van der Waals surface area contributed by atoms with E-state index in [0.29, 0.717) is 24.4 Å². The van der Waals surface area contributed by atoms with E-state index in [1.54, 1.807) is 37.3 Å². The summed E-state index contributed by atoms with van der Waals surface area (Å²) in [7, 11) is -4.07. The molecule has 162 valence electrons. The third-order valence-electron chi connectivity index (χ3n) is 5.00. The van der Waals surface area contributed by atoms with Crippen molar-refractivity contribution < 1.29 is 17.4 Å². The van der Waals surface area contributed by atoms with E-state index in [0.717, 1.165) is 24.9 Å². The number of carbonyl (C=O) groups excluding carboxylic acids is 1. The topological polar surface area (TPSA) is 63.7 Å². The third-order valence-corrected chi connectivity index (χ3v) is 6.88. The van der Waals surface area contributed by atoms with Crippen LogP contribution in [0.3, 0.4) is 0 Å². The fourth-order valence-corrected chi connectivity index (χ4v) is 5.08. The number of benzene rings is 2. The van der Waals surface area contributed by atoms with Crippen LogP contribution in [-0.2, 0) is 21.5 Å². The van der Waals surface area contributed by atoms with Gasteiger partial charge in [-0.05, 0) is 60.9 Å². The van der Waals surface area contributed by atoms with Gasteiger partial charge in [0.1, 0.15) is 10.6 Å². The Bertz CT molecular complexity index is 995. The first-order chi connectivity index (χ1) is 14.2. The lowest BCUT2D eigenvalue weighted by atomic mass is 10.1. The normalized spacial score (nSPS) is 14.0. The summed E-state index contributed by atoms with van der Waals surface area (Å²) in [6, 6.07) is 11.8. The maximum absolute atomic E-state index is 12.8. The van der Waals surface area contributed by atoms with Crippen molar-refractivity contribution in [3.05, 3.63) is 58.6 Å². The molecular formula is C23H28ClNO4S. The molecule has 0 aliphatic heterocycles. The van der Waals surface area contributed by atoms with Gasteiger partial charge in [-0.25, -0.2) is 0 Å². The predicted octanol–water partition coefficient (Wildman–Crippen LogP) is 5.20. The van der Waals surface area contributed by atoms with Crippen LogP contribution in [0.1, 0.15) is 44.2 Å². The molecule has 7 heteroatoms. The van der Waals surface area contributed by atoms with Gasteiger partial charge in [0.25, 0.3) is 0 Å². The number of hydrogen-bond acceptors (Lipinski definition) is 4. The lowest BCUT2D eigenvalue weighted by Crippen LogP contribution is -2.33. The van der Waals surface area contributed by atoms with Gasteiger partial charge >= 0.3 is 10.1 Å². The number of nitrogens with zero attached hydrogens (tertiary/aromatic N) is 1. The van der Waals surface area contributed by atoms with E-state index in [2.05, 4.69) is 0 Å². The molecule has 0 saturated heterocycles. The van der Waals surface area contributed by atoms with Crippen molar-refractivity contribution in [3.63, 3.8) is 0 Å². The maximum Gasteiger partial charge on any atom is 0.340 e. The molecule has 3 rings (SSSR count). The summed E-state index contributed by atoms with van der Waals surface area (Å²) in [5.41, 5.74) is 1.35. The maximum atomic E-state index is 12.8. The van der Waals surface area contributed by atoms with Crippen molar-refractivity contribution in [1.82, 2.24) is 4.90 Å². The molecule has 0 radical (unpaired) electrons. The minimum atomic E-state index is -4.07. The van der Waals surface area contributed by atoms with Crippen molar-refractivity contribution in [2.75, 3.05) is 6.54 Å². The third kappa shape index (κ3) is 5.99. The molecule has 1 aliphatic rings. The molecule has 0 spiro atoms. The SMILES string of the molecule is Cc1cccc(Cl)c1S(=O)(=O)Oc1cccc(CN(CC2CC2)C(=O)CC(C)C)c1. The number of carbonyl (C=O) groups is 1. The molecule has 0 atom stereocenters. The van der Waals surface area contributed by atoms with E-state index in [9.17, 15) is 13.2 Å². The van der Waals surface area contributed by atoms with Crippen molar-refractivity contribution in [1.29, 1.82) is 0 Å². The molecule has 0 aromatic heterocycles. The van der Waals surface area contributed by atoms with Crippen LogP contribution >= 0.6 is 11.6 Å². The molecule has 1 fully saturated rings. The molecule has 2 aromatic carbocycles. The van der Waals surface area contributed by atoms with Gasteiger partial charge in [0.05, 0.1) is 5.02 Å². The number of aryl methyl sites for hydroxylation is 1. The highest BCUT2D eigenvalue weighted by molar-refractivity contribution is 7.87. The first-order valence-electron chi connectivity index (χ1n) is 10.2. The number of hydrogen-bond donors (Lipinski definition) is 0. The highest BCUT2D eigenvalue weighted by Gasteiger charge is 2.27. The van der Waals surface area contributed by atoms with Crippen molar-refractivity contribution in [2.45, 2.75) is 51.5 Å². The second-order valence-corrected chi connectivity index (χ2v) is 10.3. The molecule has 1 amide bonds. The van der Waals surface area contributed by atoms with Crippen LogP contribution in [0.25, 0.3) is 0 Å². The van der Waals surface area contributed by atoms with Crippen molar-refractivity contribution >= 4 is 27.6 Å². The monoisotopic (exact) mass is 449 g/mol. The molecule has 1 saturated carbocycles. The van der Waals surface area contributed by atoms with Gasteiger partial charge in [0.2, 0.25) is 5.91 Å². The van der Waals surface area contributed by atoms with Crippen LogP contribution in [0.5, 0.6) is 5.75 Å². The highest BCUT2D eigenvalue weighted by Crippen LogP contribution is 2.31. The smallest absolute Gasteiger partial charge is 0.340 e. The van der Waals surface area contributed by atoms with E-state index in [-0.39, 0.29) is 27.5 Å². The Balaban J connectivity index is 1.78. The van der Waals surface area contributed by atoms with E-state index in [1.165, 1.54) is 6.07 Å². The zero-order valence-corrected chi connectivity index (χ0v) is 19.2. The standard InChI is InChI=1S/C23H28ClNO4S/c1-16(2)12-22(26)25(14-18-10-11-18)15-19-7-5-8-20(13-19)29-30(27,28)23-17(3)6-4-9-21(23)24/h4-9,13,16,18H,10-12,14-15H2,1-3H3. The highest BCUT2D eigenvalue weighted by atomic mass is 35.5. The second-order valence-electron chi connectivity index (χ2n) is 8.39. The average molecular weight is 450 g/mol. The van der Waals surface area contributed by atoms with Gasteiger partial charge in [-0.15, -0.1) is 0 Å². The molecule has 2 aromatic rings. The van der Waals surface area contributed by atoms with Gasteiger partial charge < -0.3 is 9.08 Å². The van der Waals surface area contributed by atoms with Crippen LogP contribution in [0.15, 0.2) is 47.4 Å². The largest absolute Gasteiger partial charge is 0.379 e. The van der Waals surface area contributed by atoms with Crippen LogP contribution in [0, 0.1) is 18.8 Å². The lowest BCUT2D eigenvalue weighted by molar-refractivity contribution is -0.132. The first-order valence-corrected chi connectivity index (χ1v) is 12.0. The van der Waals surface area contributed by atoms with Crippen LogP contribution in [-0.4, -0.2) is 25.8 Å². The Morgan fingerprint density at radius 2 is 1.90 bits per heavy atom. The molecular weight excluding hydrogens is 422 g/mol. The summed E-state index contributed by atoms with van der Waals surface area (Å²) in [5.74, 6) is 1.19. The van der Waals surface area contributed by atoms with Gasteiger partial charge in [0, 0.05) is 19.5 Å². The summed E-state index contributed by atoms with van der Waals surface area (Å²) >= 11 is 6.11. The van der Waals surface area contributed by atoms with E-state index < -0.39 is 10.1 Å². The molecule has 5 nitrogen and oxygen atoms in total. The number of rotatable bonds is 9. The van der Waals surface area contributed by atoms with Crippen LogP contribution in [0.4, 0.5) is 0 Å². The molecule has 0 N–H and O–H groups in total. The fraction of sp³-hybridized carbons (Fsp3) is 0.435. The molecule has 1 aliphatic carbocycles. The summed E-state index contributed by atoms with van der Waals surface area (Å²) in [5, 5.41) is 0.126. The average Bonchev–Trinajstić information content (AvgIpc) is 3.44. The number of halogens is 1. The molecule has 0 unspecified atom stereocenters. The van der Waals surface area contributed by atoms with E-state index >= 15 is 0 Å². The molecule has 30 heavy (non-hydrogen) atoms. The Hall–Kier alpha value is -2.05. The Morgan fingerprint density at radius 1 is 1.20 bits per heavy atom. The van der Waals surface area contributed by atoms with E-state index in [1.807, 2.05) is 24.8 Å². The molecule has 0 heterocycles. The quantitative estimate of drug-likeness (QED) is 0.493. The Morgan fingerprint density at radius 3 is 2.53 bits per heavy atom. The van der Waals surface area contributed by atoms with Crippen LogP contribution in [0.2, 0.25) is 5.02 Å². The molecule has 0 bridgehead atoms. The predicted molar refractivity (Wildman–Crippen MR) is 118 cm³/mol. The summed E-state index contributed by atoms with van der Waals surface area (Å²) in [6.07, 6.45) is 2.82. The van der Waals surface area contributed by atoms with Crippen LogP contribution < -0.4 is 4.18 Å². The zero-order valence-electron chi connectivity index (χ0n) is 17.6. The van der Waals surface area contributed by atoms with Gasteiger partial charge in [0.15, 0.2) is 0 Å². The Labute approximate surface area is 184 Å². The van der Waals surface area contributed by atoms with Gasteiger partial charge in [-0.2, -0.15) is 8.42 Å². The minimum absolute atomic E-state index is 0.0282. The summed E-state index contributed by atoms with van der Waals surface area (Å²) < 4.78 is 31.0. The lowest BCUT2D eigenvalue weighted by Gasteiger charge is -2.24. The summed E-state index contributed by atoms with van der Waals surface area (Å²) in [4.78, 5) is 14.5. The van der Waals surface area contributed by atoms with Crippen molar-refractivity contribution in [3.8, 4) is 5.75 Å². The minimum Gasteiger partial charge on any atom is -0.379 e. The zero-order chi connectivity index (χ0) is 21.9. The summed E-state index contributed by atoms with van der Waals surface area (Å²) in [6.45, 7) is 6.92. The van der Waals surface area contributed by atoms with Gasteiger partial charge in [-0.3, -0.25) is 4.79 Å². The van der Waals surface area contributed by atoms with Crippen molar-refractivity contribution in [2.24, 2.45) is 11.8 Å². The fourth-order valence-electron chi connectivity index (χ4n) is 3.36. The first kappa shape index (κ1) is 22.6. The Kier molecular flexibility index (Phi) is 7.09. The number of amides is 1.